The molecular formula is C26H29ClN2O4. The van der Waals surface area contributed by atoms with E-state index in [0.717, 1.165) is 17.5 Å². The van der Waals surface area contributed by atoms with Gasteiger partial charge in [0.05, 0.1) is 6.10 Å². The molecule has 3 rings (SSSR count). The maximum atomic E-state index is 12.5. The molecule has 0 spiro atoms. The molecule has 0 heterocycles. The molecule has 3 aromatic carbocycles. The van der Waals surface area contributed by atoms with Gasteiger partial charge in [-0.2, -0.15) is 0 Å². The number of phenols is 2. The molecule has 5 N–H and O–H groups in total. The summed E-state index contributed by atoms with van der Waals surface area (Å²) in [6, 6.07) is 19.2. The van der Waals surface area contributed by atoms with Crippen LogP contribution in [0.2, 0.25) is 5.02 Å². The second-order valence-corrected chi connectivity index (χ2v) is 8.58. The summed E-state index contributed by atoms with van der Waals surface area (Å²) in [6.45, 7) is 2.78. The van der Waals surface area contributed by atoms with Gasteiger partial charge in [-0.1, -0.05) is 35.9 Å². The van der Waals surface area contributed by atoms with Crippen molar-refractivity contribution in [3.63, 3.8) is 0 Å². The lowest BCUT2D eigenvalue weighted by Crippen LogP contribution is -2.32. The Hall–Kier alpha value is -3.06. The summed E-state index contributed by atoms with van der Waals surface area (Å²) >= 11 is 5.90. The SMILES string of the molecule is C[C@H](Cc1cccc(C(=O)NCCc2ccc(Cl)cc2)c1)NC[C@H](O)c1cc(O)cc(O)c1. The van der Waals surface area contributed by atoms with Crippen molar-refractivity contribution >= 4 is 17.5 Å². The first kappa shape index (κ1) is 24.6. The standard InChI is InChI=1S/C26H29ClN2O4/c1-17(29-16-25(32)21-13-23(30)15-24(31)14-21)11-19-3-2-4-20(12-19)26(33)28-10-9-18-5-7-22(27)8-6-18/h2-8,12-15,17,25,29-32H,9-11,16H2,1H3,(H,28,33)/t17-,25+/m1/s1. The zero-order valence-electron chi connectivity index (χ0n) is 18.5. The summed E-state index contributed by atoms with van der Waals surface area (Å²) in [5.74, 6) is -0.314. The van der Waals surface area contributed by atoms with Crippen LogP contribution in [0.3, 0.4) is 0 Å². The molecule has 0 bridgehead atoms. The molecule has 0 aliphatic heterocycles. The number of carbonyl (C=O) groups is 1. The van der Waals surface area contributed by atoms with Crippen molar-refractivity contribution < 1.29 is 20.1 Å². The van der Waals surface area contributed by atoms with Gasteiger partial charge >= 0.3 is 0 Å². The first-order valence-corrected chi connectivity index (χ1v) is 11.2. The Morgan fingerprint density at radius 2 is 1.67 bits per heavy atom. The Labute approximate surface area is 198 Å². The molecular weight excluding hydrogens is 440 g/mol. The van der Waals surface area contributed by atoms with E-state index in [1.807, 2.05) is 49.4 Å². The lowest BCUT2D eigenvalue weighted by atomic mass is 10.0. The molecule has 6 nitrogen and oxygen atoms in total. The largest absolute Gasteiger partial charge is 0.508 e. The monoisotopic (exact) mass is 468 g/mol. The van der Waals surface area contributed by atoms with Gasteiger partial charge in [0.2, 0.25) is 0 Å². The van der Waals surface area contributed by atoms with E-state index < -0.39 is 6.10 Å². The molecule has 0 radical (unpaired) electrons. The second-order valence-electron chi connectivity index (χ2n) is 8.14. The van der Waals surface area contributed by atoms with Gasteiger partial charge in [-0.3, -0.25) is 4.79 Å². The predicted octanol–water partition coefficient (Wildman–Crippen LogP) is 3.98. The van der Waals surface area contributed by atoms with Crippen molar-refractivity contribution in [1.82, 2.24) is 10.6 Å². The van der Waals surface area contributed by atoms with Crippen LogP contribution in [0.5, 0.6) is 11.5 Å². The van der Waals surface area contributed by atoms with Gasteiger partial charge in [-0.25, -0.2) is 0 Å². The van der Waals surface area contributed by atoms with Crippen molar-refractivity contribution in [3.8, 4) is 11.5 Å². The van der Waals surface area contributed by atoms with Crippen molar-refractivity contribution in [1.29, 1.82) is 0 Å². The smallest absolute Gasteiger partial charge is 0.251 e. The number of aliphatic hydroxyl groups is 1. The minimum atomic E-state index is -0.872. The fourth-order valence-electron chi connectivity index (χ4n) is 3.58. The molecule has 3 aromatic rings. The van der Waals surface area contributed by atoms with Crippen molar-refractivity contribution in [2.75, 3.05) is 13.1 Å². The maximum absolute atomic E-state index is 12.5. The maximum Gasteiger partial charge on any atom is 0.251 e. The van der Waals surface area contributed by atoms with Gasteiger partial charge in [-0.15, -0.1) is 0 Å². The van der Waals surface area contributed by atoms with Crippen LogP contribution in [0.1, 0.15) is 40.1 Å². The first-order valence-electron chi connectivity index (χ1n) is 10.9. The quantitative estimate of drug-likeness (QED) is 0.310. The summed E-state index contributed by atoms with van der Waals surface area (Å²) in [5.41, 5.74) is 3.15. The van der Waals surface area contributed by atoms with Crippen molar-refractivity contribution in [3.05, 3.63) is 94.0 Å². The molecule has 1 amide bonds. The number of aromatic hydroxyl groups is 2. The Bertz CT molecular complexity index is 1050. The fourth-order valence-corrected chi connectivity index (χ4v) is 3.71. The summed E-state index contributed by atoms with van der Waals surface area (Å²) in [6.07, 6.45) is 0.524. The third-order valence-corrected chi connectivity index (χ3v) is 5.56. The third kappa shape index (κ3) is 7.79. The Balaban J connectivity index is 1.48. The average Bonchev–Trinajstić information content (AvgIpc) is 2.78. The van der Waals surface area contributed by atoms with Crippen LogP contribution in [0.4, 0.5) is 0 Å². The van der Waals surface area contributed by atoms with Crippen LogP contribution in [0.15, 0.2) is 66.7 Å². The molecule has 2 atom stereocenters. The number of hydrogen-bond donors (Lipinski definition) is 5. The molecule has 0 aliphatic carbocycles. The van der Waals surface area contributed by atoms with Crippen LogP contribution < -0.4 is 10.6 Å². The molecule has 174 valence electrons. The van der Waals surface area contributed by atoms with Crippen LogP contribution in [0.25, 0.3) is 0 Å². The van der Waals surface area contributed by atoms with Gasteiger partial charge in [0.1, 0.15) is 11.5 Å². The summed E-state index contributed by atoms with van der Waals surface area (Å²) in [4.78, 5) is 12.5. The van der Waals surface area contributed by atoms with E-state index >= 15 is 0 Å². The Morgan fingerprint density at radius 1 is 0.970 bits per heavy atom. The van der Waals surface area contributed by atoms with E-state index in [0.29, 0.717) is 29.1 Å². The first-order chi connectivity index (χ1) is 15.8. The highest BCUT2D eigenvalue weighted by Gasteiger charge is 2.13. The van der Waals surface area contributed by atoms with Crippen molar-refractivity contribution in [2.45, 2.75) is 31.9 Å². The fraction of sp³-hybridized carbons (Fsp3) is 0.269. The zero-order chi connectivity index (χ0) is 23.8. The third-order valence-electron chi connectivity index (χ3n) is 5.31. The van der Waals surface area contributed by atoms with Gasteiger partial charge < -0.3 is 26.0 Å². The highest BCUT2D eigenvalue weighted by atomic mass is 35.5. The number of aliphatic hydroxyl groups excluding tert-OH is 1. The number of phenolic OH excluding ortho intramolecular Hbond substituents is 2. The number of halogens is 1. The molecule has 0 fully saturated rings. The summed E-state index contributed by atoms with van der Waals surface area (Å²) in [5, 5.41) is 36.4. The van der Waals surface area contributed by atoms with E-state index in [1.165, 1.54) is 18.2 Å². The summed E-state index contributed by atoms with van der Waals surface area (Å²) in [7, 11) is 0. The minimum Gasteiger partial charge on any atom is -0.508 e. The highest BCUT2D eigenvalue weighted by molar-refractivity contribution is 6.30. The lowest BCUT2D eigenvalue weighted by Gasteiger charge is -2.18. The number of nitrogens with one attached hydrogen (secondary N) is 2. The van der Waals surface area contributed by atoms with Crippen LogP contribution in [-0.2, 0) is 12.8 Å². The molecule has 0 saturated carbocycles. The van der Waals surface area contributed by atoms with E-state index in [2.05, 4.69) is 10.6 Å². The molecule has 0 aliphatic rings. The minimum absolute atomic E-state index is 0.0359. The number of benzene rings is 3. The molecule has 0 unspecified atom stereocenters. The predicted molar refractivity (Wildman–Crippen MR) is 130 cm³/mol. The number of amides is 1. The van der Waals surface area contributed by atoms with Gasteiger partial charge in [0.15, 0.2) is 0 Å². The molecule has 33 heavy (non-hydrogen) atoms. The average molecular weight is 469 g/mol. The number of hydrogen-bond acceptors (Lipinski definition) is 5. The zero-order valence-corrected chi connectivity index (χ0v) is 19.2. The van der Waals surface area contributed by atoms with E-state index in [-0.39, 0.29) is 30.0 Å². The van der Waals surface area contributed by atoms with Gasteiger partial charge in [0, 0.05) is 35.8 Å². The molecule has 7 heteroatoms. The van der Waals surface area contributed by atoms with Crippen LogP contribution >= 0.6 is 11.6 Å². The van der Waals surface area contributed by atoms with Gasteiger partial charge in [-0.05, 0) is 72.9 Å². The van der Waals surface area contributed by atoms with Gasteiger partial charge in [0.25, 0.3) is 5.91 Å². The normalized spacial score (nSPS) is 12.8. The second kappa shape index (κ2) is 11.7. The lowest BCUT2D eigenvalue weighted by molar-refractivity contribution is 0.0954. The summed E-state index contributed by atoms with van der Waals surface area (Å²) < 4.78 is 0. The van der Waals surface area contributed by atoms with E-state index in [9.17, 15) is 20.1 Å². The number of carbonyl (C=O) groups excluding carboxylic acids is 1. The Kier molecular flexibility index (Phi) is 8.72. The van der Waals surface area contributed by atoms with Crippen molar-refractivity contribution in [2.24, 2.45) is 0 Å². The Morgan fingerprint density at radius 3 is 2.36 bits per heavy atom. The van der Waals surface area contributed by atoms with E-state index in [4.69, 9.17) is 11.6 Å². The van der Waals surface area contributed by atoms with Crippen LogP contribution in [-0.4, -0.2) is 40.4 Å². The topological polar surface area (TPSA) is 102 Å². The molecule has 0 aromatic heterocycles. The molecule has 0 saturated heterocycles. The highest BCUT2D eigenvalue weighted by Crippen LogP contribution is 2.24. The number of rotatable bonds is 10. The van der Waals surface area contributed by atoms with Crippen LogP contribution in [0, 0.1) is 0 Å². The van der Waals surface area contributed by atoms with E-state index in [1.54, 1.807) is 6.07 Å².